The van der Waals surface area contributed by atoms with Crippen LogP contribution in [-0.2, 0) is 16.6 Å². The van der Waals surface area contributed by atoms with E-state index in [4.69, 9.17) is 13.9 Å². The number of aryl methyl sites for hydroxylation is 1. The van der Waals surface area contributed by atoms with Gasteiger partial charge in [0.15, 0.2) is 11.0 Å². The SMILES string of the molecule is COC(=O)c1c(-c2ccc(OC)cc2)csc1NC(=O)CSc1nnc(-c2ccoc2C)n1C. The molecule has 1 aromatic carbocycles. The highest BCUT2D eigenvalue weighted by atomic mass is 32.2. The number of amides is 1. The third kappa shape index (κ3) is 4.70. The van der Waals surface area contributed by atoms with Crippen molar-refractivity contribution in [2.75, 3.05) is 25.3 Å². The van der Waals surface area contributed by atoms with Gasteiger partial charge in [-0.1, -0.05) is 23.9 Å². The maximum Gasteiger partial charge on any atom is 0.341 e. The Morgan fingerprint density at radius 1 is 1.15 bits per heavy atom. The predicted molar refractivity (Wildman–Crippen MR) is 130 cm³/mol. The van der Waals surface area contributed by atoms with E-state index in [1.165, 1.54) is 30.2 Å². The zero-order chi connectivity index (χ0) is 24.2. The van der Waals surface area contributed by atoms with Gasteiger partial charge in [-0.05, 0) is 30.7 Å². The Bertz CT molecular complexity index is 1320. The minimum Gasteiger partial charge on any atom is -0.497 e. The number of anilines is 1. The molecule has 34 heavy (non-hydrogen) atoms. The van der Waals surface area contributed by atoms with Crippen LogP contribution in [0.1, 0.15) is 16.1 Å². The molecule has 176 valence electrons. The van der Waals surface area contributed by atoms with Gasteiger partial charge in [-0.25, -0.2) is 4.79 Å². The molecule has 0 saturated carbocycles. The number of hydrogen-bond donors (Lipinski definition) is 1. The average Bonchev–Trinajstić information content (AvgIpc) is 3.55. The first kappa shape index (κ1) is 23.6. The lowest BCUT2D eigenvalue weighted by atomic mass is 10.0. The van der Waals surface area contributed by atoms with Gasteiger partial charge in [0.25, 0.3) is 0 Å². The van der Waals surface area contributed by atoms with Gasteiger partial charge in [0.1, 0.15) is 22.1 Å². The van der Waals surface area contributed by atoms with Gasteiger partial charge in [0.2, 0.25) is 5.91 Å². The summed E-state index contributed by atoms with van der Waals surface area (Å²) in [5.74, 6) is 1.40. The molecule has 1 N–H and O–H groups in total. The molecule has 3 aromatic heterocycles. The minimum absolute atomic E-state index is 0.0900. The summed E-state index contributed by atoms with van der Waals surface area (Å²) in [6.45, 7) is 1.85. The highest BCUT2D eigenvalue weighted by Gasteiger charge is 2.23. The molecule has 1 amide bonds. The van der Waals surface area contributed by atoms with E-state index >= 15 is 0 Å². The van der Waals surface area contributed by atoms with E-state index in [9.17, 15) is 9.59 Å². The number of carbonyl (C=O) groups is 2. The molecule has 0 saturated heterocycles. The van der Waals surface area contributed by atoms with E-state index in [-0.39, 0.29) is 11.7 Å². The second-order valence-electron chi connectivity index (χ2n) is 7.17. The number of furan rings is 1. The third-order valence-electron chi connectivity index (χ3n) is 5.10. The van der Waals surface area contributed by atoms with Crippen LogP contribution in [0.25, 0.3) is 22.5 Å². The van der Waals surface area contributed by atoms with Crippen LogP contribution in [0.2, 0.25) is 0 Å². The van der Waals surface area contributed by atoms with Crippen LogP contribution < -0.4 is 10.1 Å². The van der Waals surface area contributed by atoms with E-state index in [1.54, 1.807) is 13.4 Å². The van der Waals surface area contributed by atoms with Crippen LogP contribution in [0.3, 0.4) is 0 Å². The first-order valence-corrected chi connectivity index (χ1v) is 12.0. The fourth-order valence-corrected chi connectivity index (χ4v) is 5.01. The zero-order valence-electron chi connectivity index (χ0n) is 18.9. The molecular weight excluding hydrogens is 476 g/mol. The van der Waals surface area contributed by atoms with Crippen molar-refractivity contribution < 1.29 is 23.5 Å². The number of benzene rings is 1. The molecule has 0 atom stereocenters. The van der Waals surface area contributed by atoms with Crippen molar-refractivity contribution in [2.24, 2.45) is 7.05 Å². The lowest BCUT2D eigenvalue weighted by Gasteiger charge is -2.08. The van der Waals surface area contributed by atoms with Crippen molar-refractivity contribution in [1.82, 2.24) is 14.8 Å². The summed E-state index contributed by atoms with van der Waals surface area (Å²) in [6.07, 6.45) is 1.60. The lowest BCUT2D eigenvalue weighted by Crippen LogP contribution is -2.16. The van der Waals surface area contributed by atoms with Crippen LogP contribution in [0.15, 0.2) is 51.5 Å². The van der Waals surface area contributed by atoms with Gasteiger partial charge in [-0.15, -0.1) is 21.5 Å². The molecule has 0 radical (unpaired) electrons. The van der Waals surface area contributed by atoms with Gasteiger partial charge < -0.3 is 23.8 Å². The molecule has 0 aliphatic carbocycles. The minimum atomic E-state index is -0.525. The number of rotatable bonds is 8. The lowest BCUT2D eigenvalue weighted by molar-refractivity contribution is -0.113. The molecule has 0 bridgehead atoms. The second-order valence-corrected chi connectivity index (χ2v) is 8.99. The number of nitrogens with zero attached hydrogens (tertiary/aromatic N) is 3. The van der Waals surface area contributed by atoms with Gasteiger partial charge in [0.05, 0.1) is 31.8 Å². The number of methoxy groups -OCH3 is 2. The van der Waals surface area contributed by atoms with Crippen LogP contribution in [-0.4, -0.2) is 46.6 Å². The maximum absolute atomic E-state index is 12.7. The normalized spacial score (nSPS) is 10.8. The van der Waals surface area contributed by atoms with Crippen molar-refractivity contribution in [1.29, 1.82) is 0 Å². The molecule has 0 unspecified atom stereocenters. The highest BCUT2D eigenvalue weighted by Crippen LogP contribution is 2.37. The quantitative estimate of drug-likeness (QED) is 0.277. The van der Waals surface area contributed by atoms with E-state index in [0.717, 1.165) is 16.9 Å². The Labute approximate surface area is 204 Å². The van der Waals surface area contributed by atoms with Crippen LogP contribution in [0.5, 0.6) is 5.75 Å². The number of aromatic nitrogens is 3. The highest BCUT2D eigenvalue weighted by molar-refractivity contribution is 7.99. The average molecular weight is 499 g/mol. The smallest absolute Gasteiger partial charge is 0.341 e. The van der Waals surface area contributed by atoms with E-state index in [2.05, 4.69) is 15.5 Å². The Kier molecular flexibility index (Phi) is 7.03. The van der Waals surface area contributed by atoms with Crippen molar-refractivity contribution in [3.8, 4) is 28.3 Å². The van der Waals surface area contributed by atoms with Crippen molar-refractivity contribution >= 4 is 40.0 Å². The number of esters is 1. The van der Waals surface area contributed by atoms with E-state index in [1.807, 2.05) is 54.3 Å². The molecule has 11 heteroatoms. The number of nitrogens with one attached hydrogen (secondary N) is 1. The maximum atomic E-state index is 12.7. The largest absolute Gasteiger partial charge is 0.497 e. The first-order chi connectivity index (χ1) is 16.4. The predicted octanol–water partition coefficient (Wildman–Crippen LogP) is 4.64. The molecular formula is C23H22N4O5S2. The van der Waals surface area contributed by atoms with Crippen molar-refractivity contribution in [2.45, 2.75) is 12.1 Å². The molecule has 4 aromatic rings. The van der Waals surface area contributed by atoms with Gasteiger partial charge in [-0.3, -0.25) is 4.79 Å². The Hall–Kier alpha value is -3.57. The number of hydrogen-bond acceptors (Lipinski definition) is 9. The monoisotopic (exact) mass is 498 g/mol. The number of carbonyl (C=O) groups excluding carboxylic acids is 2. The summed E-state index contributed by atoms with van der Waals surface area (Å²) < 4.78 is 17.3. The number of thiophene rings is 1. The Balaban J connectivity index is 1.49. The van der Waals surface area contributed by atoms with Crippen molar-refractivity contribution in [3.63, 3.8) is 0 Å². The zero-order valence-corrected chi connectivity index (χ0v) is 20.6. The van der Waals surface area contributed by atoms with E-state index < -0.39 is 5.97 Å². The van der Waals surface area contributed by atoms with Gasteiger partial charge in [0, 0.05) is 18.0 Å². The molecule has 0 spiro atoms. The summed E-state index contributed by atoms with van der Waals surface area (Å²) in [7, 11) is 4.73. The summed E-state index contributed by atoms with van der Waals surface area (Å²) in [6, 6.07) is 9.14. The first-order valence-electron chi connectivity index (χ1n) is 10.1. The Morgan fingerprint density at radius 3 is 2.56 bits per heavy atom. The second kappa shape index (κ2) is 10.1. The topological polar surface area (TPSA) is 108 Å². The van der Waals surface area contributed by atoms with Crippen LogP contribution in [0.4, 0.5) is 5.00 Å². The summed E-state index contributed by atoms with van der Waals surface area (Å²) in [5.41, 5.74) is 2.65. The number of thioether (sulfide) groups is 1. The standard InChI is InChI=1S/C23H22N4O5S2/c1-13-16(9-10-32-13)20-25-26-23(27(20)2)34-12-18(28)24-21-19(22(29)31-4)17(11-33-21)14-5-7-15(30-3)8-6-14/h5-11H,12H2,1-4H3,(H,24,28). The molecule has 0 aliphatic rings. The van der Waals surface area contributed by atoms with Crippen LogP contribution >= 0.6 is 23.1 Å². The molecule has 9 nitrogen and oxygen atoms in total. The van der Waals surface area contributed by atoms with E-state index in [0.29, 0.717) is 32.9 Å². The molecule has 4 rings (SSSR count). The fourth-order valence-electron chi connectivity index (χ4n) is 3.32. The molecule has 0 aliphatic heterocycles. The fraction of sp³-hybridized carbons (Fsp3) is 0.217. The van der Waals surface area contributed by atoms with Crippen LogP contribution in [0, 0.1) is 6.92 Å². The Morgan fingerprint density at radius 2 is 1.91 bits per heavy atom. The van der Waals surface area contributed by atoms with Gasteiger partial charge >= 0.3 is 5.97 Å². The molecule has 3 heterocycles. The number of ether oxygens (including phenoxy) is 2. The summed E-state index contributed by atoms with van der Waals surface area (Å²) in [5, 5.41) is 14.1. The summed E-state index contributed by atoms with van der Waals surface area (Å²) >= 11 is 2.51. The van der Waals surface area contributed by atoms with Crippen molar-refractivity contribution in [3.05, 3.63) is 53.3 Å². The molecule has 0 fully saturated rings. The van der Waals surface area contributed by atoms with Gasteiger partial charge in [-0.2, -0.15) is 0 Å². The third-order valence-corrected chi connectivity index (χ3v) is 7.02. The summed E-state index contributed by atoms with van der Waals surface area (Å²) in [4.78, 5) is 25.2.